The van der Waals surface area contributed by atoms with Crippen molar-refractivity contribution in [3.63, 3.8) is 0 Å². The maximum atomic E-state index is 13.5. The second-order valence-corrected chi connectivity index (χ2v) is 8.83. The molecule has 0 aliphatic carbocycles. The van der Waals surface area contributed by atoms with E-state index in [2.05, 4.69) is 68.3 Å². The Kier molecular flexibility index (Phi) is 7.20. The second-order valence-electron chi connectivity index (χ2n) is 8.83. The zero-order chi connectivity index (χ0) is 23.4. The van der Waals surface area contributed by atoms with Crippen LogP contribution in [0.4, 0.5) is 26.1 Å². The Hall–Kier alpha value is -3.04. The predicted molar refractivity (Wildman–Crippen MR) is 128 cm³/mol. The van der Waals surface area contributed by atoms with E-state index in [-0.39, 0.29) is 0 Å². The molecule has 2 N–H and O–H groups in total. The Morgan fingerprint density at radius 2 is 1.73 bits per heavy atom. The molecule has 1 aromatic heterocycles. The molecule has 1 saturated heterocycles. The highest BCUT2D eigenvalue weighted by atomic mass is 19.1. The van der Waals surface area contributed by atoms with Crippen LogP contribution in [0.2, 0.25) is 0 Å². The number of hydrogen-bond acceptors (Lipinski definition) is 6. The van der Waals surface area contributed by atoms with Gasteiger partial charge in [-0.25, -0.2) is 8.78 Å². The summed E-state index contributed by atoms with van der Waals surface area (Å²) in [4.78, 5) is 11.5. The van der Waals surface area contributed by atoms with Crippen LogP contribution in [-0.2, 0) is 0 Å². The maximum absolute atomic E-state index is 13.5. The number of halogens is 2. The fourth-order valence-corrected chi connectivity index (χ4v) is 4.12. The molecule has 0 atom stereocenters. The molecule has 2 heterocycles. The van der Waals surface area contributed by atoms with Crippen molar-refractivity contribution in [2.45, 2.75) is 13.3 Å². The predicted octanol–water partition coefficient (Wildman–Crippen LogP) is 3.88. The largest absolute Gasteiger partial charge is 0.369 e. The molecule has 1 fully saturated rings. The van der Waals surface area contributed by atoms with E-state index in [4.69, 9.17) is 0 Å². The highest BCUT2D eigenvalue weighted by Crippen LogP contribution is 2.26. The number of aryl methyl sites for hydroxylation is 1. The minimum absolute atomic E-state index is 0.300. The Labute approximate surface area is 193 Å². The van der Waals surface area contributed by atoms with Gasteiger partial charge in [-0.2, -0.15) is 4.98 Å². The summed E-state index contributed by atoms with van der Waals surface area (Å²) in [6.45, 7) is 8.39. The number of nitrogens with zero attached hydrogens (tertiary/aromatic N) is 5. The summed E-state index contributed by atoms with van der Waals surface area (Å²) in [5.74, 6) is -0.667. The molecule has 2 aromatic carbocycles. The second kappa shape index (κ2) is 10.3. The van der Waals surface area contributed by atoms with Gasteiger partial charge in [0.15, 0.2) is 5.82 Å². The number of rotatable bonds is 8. The van der Waals surface area contributed by atoms with Gasteiger partial charge >= 0.3 is 0 Å². The number of benzene rings is 2. The fourth-order valence-electron chi connectivity index (χ4n) is 4.12. The van der Waals surface area contributed by atoms with E-state index >= 15 is 0 Å². The number of H-pyrrole nitrogens is 1. The average Bonchev–Trinajstić information content (AvgIpc) is 3.21. The van der Waals surface area contributed by atoms with Gasteiger partial charge in [0.05, 0.1) is 0 Å². The normalized spacial score (nSPS) is 14.8. The van der Waals surface area contributed by atoms with Crippen molar-refractivity contribution in [3.05, 3.63) is 53.6 Å². The molecule has 1 aliphatic rings. The maximum Gasteiger partial charge on any atom is 0.246 e. The van der Waals surface area contributed by atoms with E-state index in [9.17, 15) is 8.78 Å². The first-order valence-electron chi connectivity index (χ1n) is 11.3. The lowest BCUT2D eigenvalue weighted by Crippen LogP contribution is -2.47. The van der Waals surface area contributed by atoms with Crippen molar-refractivity contribution in [2.24, 2.45) is 0 Å². The molecule has 0 amide bonds. The van der Waals surface area contributed by atoms with Crippen molar-refractivity contribution in [1.29, 1.82) is 0 Å². The number of aromatic amines is 1. The summed E-state index contributed by atoms with van der Waals surface area (Å²) in [5, 5.41) is 10.1. The summed E-state index contributed by atoms with van der Waals surface area (Å²) in [5.41, 5.74) is 3.47. The quantitative estimate of drug-likeness (QED) is 0.538. The zero-order valence-electron chi connectivity index (χ0n) is 19.4. The van der Waals surface area contributed by atoms with Crippen LogP contribution < -0.4 is 10.2 Å². The first-order valence-corrected chi connectivity index (χ1v) is 11.3. The monoisotopic (exact) mass is 455 g/mol. The summed E-state index contributed by atoms with van der Waals surface area (Å²) in [6.07, 6.45) is 1.19. The summed E-state index contributed by atoms with van der Waals surface area (Å²) >= 11 is 0. The highest BCUT2D eigenvalue weighted by Gasteiger charge is 2.18. The van der Waals surface area contributed by atoms with Crippen molar-refractivity contribution < 1.29 is 8.78 Å². The summed E-state index contributed by atoms with van der Waals surface area (Å²) in [7, 11) is 4.23. The molecule has 0 bridgehead atoms. The van der Waals surface area contributed by atoms with Gasteiger partial charge < -0.3 is 15.1 Å². The van der Waals surface area contributed by atoms with Gasteiger partial charge in [-0.3, -0.25) is 10.00 Å². The molecule has 0 unspecified atom stereocenters. The Bertz CT molecular complexity index is 1050. The number of hydrogen-bond donors (Lipinski definition) is 2. The van der Waals surface area contributed by atoms with Crippen molar-refractivity contribution in [3.8, 4) is 11.4 Å². The lowest BCUT2D eigenvalue weighted by atomic mass is 10.1. The molecule has 1 aliphatic heterocycles. The van der Waals surface area contributed by atoms with E-state index in [1.54, 1.807) is 0 Å². The average molecular weight is 456 g/mol. The van der Waals surface area contributed by atoms with Gasteiger partial charge in [0.2, 0.25) is 5.95 Å². The summed E-state index contributed by atoms with van der Waals surface area (Å²) in [6, 6.07) is 9.57. The number of aromatic nitrogens is 3. The summed E-state index contributed by atoms with van der Waals surface area (Å²) < 4.78 is 27.0. The van der Waals surface area contributed by atoms with Gasteiger partial charge in [0.25, 0.3) is 0 Å². The molecule has 9 heteroatoms. The number of anilines is 3. The minimum atomic E-state index is -0.656. The van der Waals surface area contributed by atoms with Gasteiger partial charge in [-0.1, -0.05) is 0 Å². The number of piperazine rings is 1. The van der Waals surface area contributed by atoms with Crippen LogP contribution in [0.5, 0.6) is 0 Å². The molecular formula is C24H31F2N7. The topological polar surface area (TPSA) is 63.3 Å². The lowest BCUT2D eigenvalue weighted by molar-refractivity contribution is 0.242. The molecule has 4 rings (SSSR count). The number of nitrogens with one attached hydrogen (secondary N) is 2. The molecule has 33 heavy (non-hydrogen) atoms. The van der Waals surface area contributed by atoms with E-state index in [1.165, 1.54) is 18.6 Å². The van der Waals surface area contributed by atoms with E-state index in [0.717, 1.165) is 62.3 Å². The third kappa shape index (κ3) is 6.27. The molecule has 176 valence electrons. The van der Waals surface area contributed by atoms with Crippen molar-refractivity contribution in [1.82, 2.24) is 25.0 Å². The van der Waals surface area contributed by atoms with Crippen molar-refractivity contribution >= 4 is 17.3 Å². The van der Waals surface area contributed by atoms with Crippen molar-refractivity contribution in [2.75, 3.05) is 63.6 Å². The minimum Gasteiger partial charge on any atom is -0.369 e. The molecule has 0 radical (unpaired) electrons. The first kappa shape index (κ1) is 23.1. The lowest BCUT2D eigenvalue weighted by Gasteiger charge is -2.36. The smallest absolute Gasteiger partial charge is 0.246 e. The van der Waals surface area contributed by atoms with Crippen LogP contribution >= 0.6 is 0 Å². The highest BCUT2D eigenvalue weighted by molar-refractivity contribution is 5.65. The van der Waals surface area contributed by atoms with Crippen LogP contribution in [0.1, 0.15) is 12.0 Å². The van der Waals surface area contributed by atoms with Crippen LogP contribution in [0, 0.1) is 18.6 Å². The third-order valence-electron chi connectivity index (χ3n) is 5.76. The van der Waals surface area contributed by atoms with E-state index in [0.29, 0.717) is 17.3 Å². The van der Waals surface area contributed by atoms with Crippen LogP contribution in [0.25, 0.3) is 11.4 Å². The van der Waals surface area contributed by atoms with Crippen LogP contribution in [0.15, 0.2) is 36.4 Å². The first-order chi connectivity index (χ1) is 15.9. The van der Waals surface area contributed by atoms with Gasteiger partial charge in [0, 0.05) is 49.2 Å². The molecule has 7 nitrogen and oxygen atoms in total. The standard InChI is InChI=1S/C24H31F2N7/c1-17-11-21(27-24-28-23(29-30-24)18-13-19(25)15-20(26)14-18)16-22(12-17)33-9-7-32(8-10-33)6-4-5-31(2)3/h11-16H,4-10H2,1-3H3,(H2,27,28,29,30). The molecular weight excluding hydrogens is 424 g/mol. The molecule has 0 saturated carbocycles. The molecule has 0 spiro atoms. The van der Waals surface area contributed by atoms with Gasteiger partial charge in [0.1, 0.15) is 11.6 Å². The SMILES string of the molecule is Cc1cc(Nc2n[nH]c(-c3cc(F)cc(F)c3)n2)cc(N2CCN(CCCN(C)C)CC2)c1. The molecule has 3 aromatic rings. The van der Waals surface area contributed by atoms with E-state index < -0.39 is 11.6 Å². The Balaban J connectivity index is 1.40. The Morgan fingerprint density at radius 1 is 1.00 bits per heavy atom. The fraction of sp³-hybridized carbons (Fsp3) is 0.417. The van der Waals surface area contributed by atoms with E-state index in [1.807, 2.05) is 6.07 Å². The Morgan fingerprint density at radius 3 is 2.42 bits per heavy atom. The third-order valence-corrected chi connectivity index (χ3v) is 5.76. The van der Waals surface area contributed by atoms with Gasteiger partial charge in [-0.05, 0) is 76.4 Å². The van der Waals surface area contributed by atoms with Gasteiger partial charge in [-0.15, -0.1) is 5.10 Å². The zero-order valence-corrected chi connectivity index (χ0v) is 19.4. The van der Waals surface area contributed by atoms with Crippen LogP contribution in [0.3, 0.4) is 0 Å². The van der Waals surface area contributed by atoms with Crippen LogP contribution in [-0.4, -0.2) is 78.3 Å².